The number of rotatable bonds is 11. The van der Waals surface area contributed by atoms with Gasteiger partial charge in [-0.3, -0.25) is 9.88 Å². The first-order valence-corrected chi connectivity index (χ1v) is 13.5. The van der Waals surface area contributed by atoms with Gasteiger partial charge in [0.05, 0.1) is 23.2 Å². The highest BCUT2D eigenvalue weighted by Gasteiger charge is 2.42. The van der Waals surface area contributed by atoms with Crippen molar-refractivity contribution in [3.63, 3.8) is 0 Å². The number of carbonyl (C=O) groups excluding carboxylic acids is 1. The first kappa shape index (κ1) is 30.4. The fraction of sp³-hybridized carbons (Fsp3) is 0.219. The predicted molar refractivity (Wildman–Crippen MR) is 155 cm³/mol. The van der Waals surface area contributed by atoms with Crippen LogP contribution in [0.4, 0.5) is 23.7 Å². The van der Waals surface area contributed by atoms with Crippen molar-refractivity contribution in [2.45, 2.75) is 37.6 Å². The molecule has 216 valence electrons. The Morgan fingerprint density at radius 1 is 1.05 bits per heavy atom. The maximum atomic E-state index is 14.3. The predicted octanol–water partition coefficient (Wildman–Crippen LogP) is 7.68. The molecular weight excluding hydrogens is 565 g/mol. The van der Waals surface area contributed by atoms with Crippen LogP contribution in [0, 0.1) is 11.3 Å². The average molecular weight is 593 g/mol. The Kier molecular flexibility index (Phi) is 9.71. The summed E-state index contributed by atoms with van der Waals surface area (Å²) in [5.41, 5.74) is 0.616. The second-order valence-electron chi connectivity index (χ2n) is 9.56. The number of amides is 2. The first-order chi connectivity index (χ1) is 20.1. The molecule has 0 radical (unpaired) electrons. The van der Waals surface area contributed by atoms with Crippen LogP contribution in [-0.4, -0.2) is 29.8 Å². The molecule has 0 saturated heterocycles. The minimum absolute atomic E-state index is 0.0625. The molecule has 2 amide bonds. The van der Waals surface area contributed by atoms with Crippen LogP contribution in [0.3, 0.4) is 0 Å². The van der Waals surface area contributed by atoms with Gasteiger partial charge in [-0.05, 0) is 54.4 Å². The standard InChI is InChI=1S/C32H28ClF3N4O2/c1-23(34)32(35,36)42-28-15-8-12-25(20-28)31(21-24-10-4-2-5-11-24,29-17-16-26(33)22-38-29)39-30(41)40(19-9-18-37)27-13-6-3-7-14-27/h2-8,10-17,20,22-23H,9,19,21H2,1H3,(H,39,41)/t23?,31-/m1/s1. The minimum atomic E-state index is -4.08. The maximum absolute atomic E-state index is 14.3. The summed E-state index contributed by atoms with van der Waals surface area (Å²) in [4.78, 5) is 20.1. The highest BCUT2D eigenvalue weighted by molar-refractivity contribution is 6.30. The number of nitrogens with one attached hydrogen (secondary N) is 1. The smallest absolute Gasteiger partial charge is 0.429 e. The normalized spacial score (nSPS) is 13.3. The van der Waals surface area contributed by atoms with Gasteiger partial charge in [-0.25, -0.2) is 9.18 Å². The lowest BCUT2D eigenvalue weighted by Gasteiger charge is -2.37. The van der Waals surface area contributed by atoms with E-state index in [4.69, 9.17) is 16.3 Å². The van der Waals surface area contributed by atoms with Crippen LogP contribution in [-0.2, 0) is 12.0 Å². The summed E-state index contributed by atoms with van der Waals surface area (Å²) in [6.07, 6.45) is -5.01. The molecule has 0 aliphatic heterocycles. The highest BCUT2D eigenvalue weighted by atomic mass is 35.5. The highest BCUT2D eigenvalue weighted by Crippen LogP contribution is 2.37. The second-order valence-corrected chi connectivity index (χ2v) is 10.00. The molecule has 0 aliphatic carbocycles. The fourth-order valence-corrected chi connectivity index (χ4v) is 4.59. The van der Waals surface area contributed by atoms with Gasteiger partial charge in [-0.1, -0.05) is 72.3 Å². The molecule has 42 heavy (non-hydrogen) atoms. The zero-order valence-electron chi connectivity index (χ0n) is 22.7. The molecule has 4 aromatic rings. The van der Waals surface area contributed by atoms with Crippen molar-refractivity contribution in [2.75, 3.05) is 11.4 Å². The van der Waals surface area contributed by atoms with E-state index in [1.54, 1.807) is 48.5 Å². The van der Waals surface area contributed by atoms with E-state index < -0.39 is 23.9 Å². The Morgan fingerprint density at radius 2 is 1.74 bits per heavy atom. The topological polar surface area (TPSA) is 78.2 Å². The Balaban J connectivity index is 1.90. The number of pyridine rings is 1. The van der Waals surface area contributed by atoms with Crippen LogP contribution in [0.1, 0.15) is 30.2 Å². The third kappa shape index (κ3) is 7.20. The summed E-state index contributed by atoms with van der Waals surface area (Å²) in [6.45, 7) is 0.798. The van der Waals surface area contributed by atoms with Gasteiger partial charge >= 0.3 is 12.1 Å². The Morgan fingerprint density at radius 3 is 2.36 bits per heavy atom. The molecule has 6 nitrogen and oxygen atoms in total. The summed E-state index contributed by atoms with van der Waals surface area (Å²) in [5.74, 6) is -0.299. The molecule has 1 heterocycles. The monoisotopic (exact) mass is 592 g/mol. The number of alkyl halides is 3. The lowest BCUT2D eigenvalue weighted by Crippen LogP contribution is -2.54. The van der Waals surface area contributed by atoms with Crippen LogP contribution in [0.5, 0.6) is 5.75 Å². The van der Waals surface area contributed by atoms with Crippen LogP contribution in [0.25, 0.3) is 0 Å². The number of hydrogen-bond donors (Lipinski definition) is 1. The number of nitrogens with zero attached hydrogens (tertiary/aromatic N) is 3. The number of nitriles is 1. The van der Waals surface area contributed by atoms with Crippen LogP contribution in [0.2, 0.25) is 5.02 Å². The van der Waals surface area contributed by atoms with Crippen molar-refractivity contribution >= 4 is 23.3 Å². The Labute approximate surface area is 247 Å². The van der Waals surface area contributed by atoms with Gasteiger partial charge in [0, 0.05) is 24.8 Å². The zero-order valence-corrected chi connectivity index (χ0v) is 23.4. The fourth-order valence-electron chi connectivity index (χ4n) is 4.48. The van der Waals surface area contributed by atoms with E-state index in [2.05, 4.69) is 16.4 Å². The van der Waals surface area contributed by atoms with Crippen molar-refractivity contribution < 1.29 is 22.7 Å². The van der Waals surface area contributed by atoms with Crippen molar-refractivity contribution in [2.24, 2.45) is 0 Å². The van der Waals surface area contributed by atoms with Gasteiger partial charge in [-0.2, -0.15) is 14.0 Å². The third-order valence-corrected chi connectivity index (χ3v) is 6.82. The van der Waals surface area contributed by atoms with Crippen LogP contribution < -0.4 is 15.0 Å². The summed E-state index contributed by atoms with van der Waals surface area (Å²) in [7, 11) is 0. The molecule has 4 rings (SSSR count). The number of benzene rings is 3. The largest absolute Gasteiger partial charge is 0.430 e. The number of halogens is 4. The lowest BCUT2D eigenvalue weighted by molar-refractivity contribution is -0.215. The van der Waals surface area contributed by atoms with Crippen molar-refractivity contribution in [1.82, 2.24) is 10.3 Å². The molecule has 0 aliphatic rings. The van der Waals surface area contributed by atoms with Crippen LogP contribution >= 0.6 is 11.6 Å². The number of anilines is 1. The number of carbonyl (C=O) groups is 1. The quantitative estimate of drug-likeness (QED) is 0.194. The summed E-state index contributed by atoms with van der Waals surface area (Å²) < 4.78 is 46.9. The van der Waals surface area contributed by atoms with E-state index in [1.807, 2.05) is 30.3 Å². The van der Waals surface area contributed by atoms with Gasteiger partial charge in [0.1, 0.15) is 11.3 Å². The van der Waals surface area contributed by atoms with Gasteiger partial charge in [-0.15, -0.1) is 0 Å². The van der Waals surface area contributed by atoms with Gasteiger partial charge < -0.3 is 10.1 Å². The molecule has 1 unspecified atom stereocenters. The molecule has 0 spiro atoms. The van der Waals surface area contributed by atoms with Crippen LogP contribution in [0.15, 0.2) is 103 Å². The van der Waals surface area contributed by atoms with E-state index in [0.717, 1.165) is 5.56 Å². The molecular formula is C32H28ClF3N4O2. The van der Waals surface area contributed by atoms with E-state index in [9.17, 15) is 23.2 Å². The lowest BCUT2D eigenvalue weighted by atomic mass is 9.80. The first-order valence-electron chi connectivity index (χ1n) is 13.1. The molecule has 1 aromatic heterocycles. The zero-order chi connectivity index (χ0) is 30.2. The maximum Gasteiger partial charge on any atom is 0.429 e. The summed E-state index contributed by atoms with van der Waals surface area (Å²) in [6, 6.07) is 28.6. The Bertz CT molecular complexity index is 1520. The van der Waals surface area contributed by atoms with Gasteiger partial charge in [0.2, 0.25) is 6.17 Å². The van der Waals surface area contributed by atoms with Gasteiger partial charge in [0.25, 0.3) is 0 Å². The van der Waals surface area contributed by atoms with E-state index in [0.29, 0.717) is 28.9 Å². The molecule has 0 fully saturated rings. The van der Waals surface area contributed by atoms with E-state index >= 15 is 0 Å². The van der Waals surface area contributed by atoms with Gasteiger partial charge in [0.15, 0.2) is 0 Å². The summed E-state index contributed by atoms with van der Waals surface area (Å²) >= 11 is 6.16. The van der Waals surface area contributed by atoms with Crippen molar-refractivity contribution in [1.29, 1.82) is 5.26 Å². The Hall–Kier alpha value is -4.55. The molecule has 1 N–H and O–H groups in total. The van der Waals surface area contributed by atoms with E-state index in [-0.39, 0.29) is 25.1 Å². The van der Waals surface area contributed by atoms with Crippen molar-refractivity contribution in [3.05, 3.63) is 125 Å². The number of aromatic nitrogens is 1. The third-order valence-electron chi connectivity index (χ3n) is 6.60. The van der Waals surface area contributed by atoms with E-state index in [1.165, 1.54) is 29.3 Å². The molecule has 10 heteroatoms. The van der Waals surface area contributed by atoms with Crippen molar-refractivity contribution in [3.8, 4) is 11.8 Å². The SMILES string of the molecule is CC(F)C(F)(F)Oc1cccc([C@@](Cc2ccccc2)(NC(=O)N(CCC#N)c2ccccc2)c2ccc(Cl)cn2)c1. The number of urea groups is 1. The minimum Gasteiger partial charge on any atom is -0.430 e. The molecule has 2 atom stereocenters. The number of ether oxygens (including phenoxy) is 1. The average Bonchev–Trinajstić information content (AvgIpc) is 2.98. The second kappa shape index (κ2) is 13.4. The number of para-hydroxylation sites is 1. The molecule has 0 saturated carbocycles. The molecule has 3 aromatic carbocycles. The summed E-state index contributed by atoms with van der Waals surface area (Å²) in [5, 5.41) is 12.7. The number of hydrogen-bond acceptors (Lipinski definition) is 4. The molecule has 0 bridgehead atoms.